The van der Waals surface area contributed by atoms with Gasteiger partial charge in [-0.25, -0.2) is 4.79 Å². The molecule has 3 N–H and O–H groups in total. The Hall–Kier alpha value is -1.69. The van der Waals surface area contributed by atoms with Crippen LogP contribution in [0.15, 0.2) is 12.2 Å². The number of ketones is 1. The molecule has 6 heteroatoms. The van der Waals surface area contributed by atoms with E-state index in [0.29, 0.717) is 25.0 Å². The zero-order valence-electron chi connectivity index (χ0n) is 20.4. The van der Waals surface area contributed by atoms with Gasteiger partial charge in [-0.3, -0.25) is 9.59 Å². The Morgan fingerprint density at radius 2 is 1.84 bits per heavy atom. The van der Waals surface area contributed by atoms with E-state index in [1.165, 1.54) is 0 Å². The molecule has 1 aliphatic carbocycles. The number of aliphatic hydroxyl groups is 1. The molecule has 0 unspecified atom stereocenters. The van der Waals surface area contributed by atoms with Gasteiger partial charge in [0.25, 0.3) is 0 Å². The van der Waals surface area contributed by atoms with Crippen LogP contribution in [0, 0.1) is 17.8 Å². The van der Waals surface area contributed by atoms with Gasteiger partial charge in [-0.2, -0.15) is 0 Å². The number of nitrogens with one attached hydrogen (secondary N) is 1. The van der Waals surface area contributed by atoms with Gasteiger partial charge in [0.05, 0.1) is 6.10 Å². The van der Waals surface area contributed by atoms with Crippen molar-refractivity contribution in [1.29, 1.82) is 0 Å². The maximum Gasteiger partial charge on any atom is 0.326 e. The summed E-state index contributed by atoms with van der Waals surface area (Å²) in [7, 11) is 0. The third-order valence-corrected chi connectivity index (χ3v) is 6.80. The first-order chi connectivity index (χ1) is 15.3. The van der Waals surface area contributed by atoms with Gasteiger partial charge in [0.15, 0.2) is 0 Å². The van der Waals surface area contributed by atoms with E-state index in [4.69, 9.17) is 0 Å². The number of aliphatic carboxylic acids is 1. The second kappa shape index (κ2) is 16.0. The number of rotatable bonds is 17. The van der Waals surface area contributed by atoms with Gasteiger partial charge in [0, 0.05) is 18.8 Å². The van der Waals surface area contributed by atoms with Crippen molar-refractivity contribution in [2.75, 3.05) is 0 Å². The minimum atomic E-state index is -0.981. The van der Waals surface area contributed by atoms with Crippen LogP contribution in [0.4, 0.5) is 0 Å². The summed E-state index contributed by atoms with van der Waals surface area (Å²) in [5.41, 5.74) is 0. The Kier molecular flexibility index (Phi) is 14.2. The summed E-state index contributed by atoms with van der Waals surface area (Å²) in [4.78, 5) is 35.7. The van der Waals surface area contributed by atoms with E-state index in [1.54, 1.807) is 0 Å². The van der Waals surface area contributed by atoms with Crippen LogP contribution in [-0.2, 0) is 14.4 Å². The molecule has 0 saturated heterocycles. The monoisotopic (exact) mass is 451 g/mol. The smallest absolute Gasteiger partial charge is 0.326 e. The van der Waals surface area contributed by atoms with Gasteiger partial charge < -0.3 is 15.5 Å². The standard InChI is InChI=1S/C26H45NO5/c1-4-6-9-12-21(28)17-15-20-16-18-23(29)22(20)13-10-7-8-11-14-24(30)27-25(26(31)32)19(3)5-2/h15,17,19-22,25,28H,4-14,16,18H2,1-3H3,(H,27,30)(H,31,32)/b17-15+/t19-,20-,21-,22+,25-/m0/s1. The fourth-order valence-electron chi connectivity index (χ4n) is 4.44. The van der Waals surface area contributed by atoms with E-state index in [2.05, 4.69) is 18.3 Å². The predicted molar refractivity (Wildman–Crippen MR) is 127 cm³/mol. The molecule has 0 aromatic carbocycles. The number of hydrogen-bond donors (Lipinski definition) is 3. The van der Waals surface area contributed by atoms with Crippen LogP contribution in [-0.4, -0.2) is 40.0 Å². The predicted octanol–water partition coefficient (Wildman–Crippen LogP) is 5.04. The number of carboxylic acids is 1. The first-order valence-corrected chi connectivity index (χ1v) is 12.7. The molecule has 184 valence electrons. The van der Waals surface area contributed by atoms with E-state index < -0.39 is 18.1 Å². The SMILES string of the molecule is CCCCC[C@H](O)/C=C/[C@H]1CCC(=O)[C@@H]1CCCCCCC(=O)N[C@H](C(=O)O)[C@@H](C)CC. The molecule has 32 heavy (non-hydrogen) atoms. The van der Waals surface area contributed by atoms with Crippen molar-refractivity contribution < 1.29 is 24.6 Å². The largest absolute Gasteiger partial charge is 0.480 e. The highest BCUT2D eigenvalue weighted by Crippen LogP contribution is 2.34. The Labute approximate surface area is 194 Å². The number of hydrogen-bond acceptors (Lipinski definition) is 4. The number of carbonyl (C=O) groups is 3. The fraction of sp³-hybridized carbons (Fsp3) is 0.808. The molecule has 1 aliphatic rings. The Balaban J connectivity index is 2.28. The van der Waals surface area contributed by atoms with Crippen molar-refractivity contribution in [2.24, 2.45) is 17.8 Å². The summed E-state index contributed by atoms with van der Waals surface area (Å²) in [6.07, 6.45) is 14.6. The lowest BCUT2D eigenvalue weighted by atomic mass is 9.89. The number of amides is 1. The van der Waals surface area contributed by atoms with Crippen LogP contribution in [0.3, 0.4) is 0 Å². The lowest BCUT2D eigenvalue weighted by Gasteiger charge is -2.20. The zero-order chi connectivity index (χ0) is 23.9. The molecule has 1 saturated carbocycles. The number of allylic oxidation sites excluding steroid dienone is 1. The van der Waals surface area contributed by atoms with E-state index in [1.807, 2.05) is 19.9 Å². The molecule has 0 aliphatic heterocycles. The minimum Gasteiger partial charge on any atom is -0.480 e. The highest BCUT2D eigenvalue weighted by atomic mass is 16.4. The van der Waals surface area contributed by atoms with E-state index >= 15 is 0 Å². The van der Waals surface area contributed by atoms with Gasteiger partial charge in [-0.1, -0.05) is 77.9 Å². The molecule has 0 bridgehead atoms. The third-order valence-electron chi connectivity index (χ3n) is 6.80. The Morgan fingerprint density at radius 3 is 2.50 bits per heavy atom. The van der Waals surface area contributed by atoms with E-state index in [0.717, 1.165) is 64.2 Å². The van der Waals surface area contributed by atoms with Crippen LogP contribution >= 0.6 is 0 Å². The number of Topliss-reactive ketones (excluding diaryl/α,β-unsaturated/α-hetero) is 1. The Morgan fingerprint density at radius 1 is 1.12 bits per heavy atom. The maximum absolute atomic E-state index is 12.3. The molecule has 0 aromatic heterocycles. The minimum absolute atomic E-state index is 0.0595. The average molecular weight is 452 g/mol. The van der Waals surface area contributed by atoms with Crippen molar-refractivity contribution in [3.63, 3.8) is 0 Å². The second-order valence-electron chi connectivity index (χ2n) is 9.45. The molecule has 6 nitrogen and oxygen atoms in total. The average Bonchev–Trinajstić information content (AvgIpc) is 3.11. The van der Waals surface area contributed by atoms with Crippen LogP contribution in [0.2, 0.25) is 0 Å². The summed E-state index contributed by atoms with van der Waals surface area (Å²) in [5, 5.41) is 22.0. The van der Waals surface area contributed by atoms with Crippen molar-refractivity contribution >= 4 is 17.7 Å². The normalized spacial score (nSPS) is 21.6. The molecule has 0 aromatic rings. The van der Waals surface area contributed by atoms with Gasteiger partial charge in [0.1, 0.15) is 11.8 Å². The summed E-state index contributed by atoms with van der Waals surface area (Å²) < 4.78 is 0. The summed E-state index contributed by atoms with van der Waals surface area (Å²) >= 11 is 0. The van der Waals surface area contributed by atoms with Crippen LogP contribution < -0.4 is 5.32 Å². The number of unbranched alkanes of at least 4 members (excludes halogenated alkanes) is 5. The molecule has 1 fully saturated rings. The zero-order valence-corrected chi connectivity index (χ0v) is 20.4. The molecule has 1 rings (SSSR count). The highest BCUT2D eigenvalue weighted by molar-refractivity contribution is 5.84. The lowest BCUT2D eigenvalue weighted by Crippen LogP contribution is -2.44. The van der Waals surface area contributed by atoms with Crippen molar-refractivity contribution in [3.05, 3.63) is 12.2 Å². The quantitative estimate of drug-likeness (QED) is 0.212. The first kappa shape index (κ1) is 28.3. The summed E-state index contributed by atoms with van der Waals surface area (Å²) in [6.45, 7) is 5.89. The molecule has 0 spiro atoms. The van der Waals surface area contributed by atoms with Crippen LogP contribution in [0.25, 0.3) is 0 Å². The summed E-state index contributed by atoms with van der Waals surface area (Å²) in [5.74, 6) is -0.645. The molecule has 0 radical (unpaired) electrons. The van der Waals surface area contributed by atoms with Crippen LogP contribution in [0.1, 0.15) is 104 Å². The van der Waals surface area contributed by atoms with Gasteiger partial charge in [0.2, 0.25) is 5.91 Å². The molecule has 1 amide bonds. The van der Waals surface area contributed by atoms with Crippen molar-refractivity contribution in [3.8, 4) is 0 Å². The van der Waals surface area contributed by atoms with E-state index in [9.17, 15) is 24.6 Å². The molecular formula is C26H45NO5. The maximum atomic E-state index is 12.3. The number of aliphatic hydroxyl groups excluding tert-OH is 1. The van der Waals surface area contributed by atoms with Crippen molar-refractivity contribution in [1.82, 2.24) is 5.32 Å². The number of carboxylic acid groups (broad SMARTS) is 1. The molecular weight excluding hydrogens is 406 g/mol. The van der Waals surface area contributed by atoms with Gasteiger partial charge >= 0.3 is 5.97 Å². The van der Waals surface area contributed by atoms with Crippen molar-refractivity contribution in [2.45, 2.75) is 116 Å². The fourth-order valence-corrected chi connectivity index (χ4v) is 4.44. The Bertz CT molecular complexity index is 603. The van der Waals surface area contributed by atoms with Gasteiger partial charge in [-0.05, 0) is 37.5 Å². The second-order valence-corrected chi connectivity index (χ2v) is 9.45. The lowest BCUT2D eigenvalue weighted by molar-refractivity contribution is -0.143. The summed E-state index contributed by atoms with van der Waals surface area (Å²) in [6, 6.07) is -0.823. The molecule has 0 heterocycles. The van der Waals surface area contributed by atoms with Crippen LogP contribution in [0.5, 0.6) is 0 Å². The topological polar surface area (TPSA) is 104 Å². The molecule has 5 atom stereocenters. The third kappa shape index (κ3) is 10.8. The highest BCUT2D eigenvalue weighted by Gasteiger charge is 2.32. The van der Waals surface area contributed by atoms with E-state index in [-0.39, 0.29) is 23.7 Å². The first-order valence-electron chi connectivity index (χ1n) is 12.7. The van der Waals surface area contributed by atoms with Gasteiger partial charge in [-0.15, -0.1) is 0 Å². The number of carbonyl (C=O) groups excluding carboxylic acids is 2.